The normalized spacial score (nSPS) is 17.9. The van der Waals surface area contributed by atoms with E-state index in [1.807, 2.05) is 24.3 Å². The topological polar surface area (TPSA) is 98.8 Å². The molecule has 2 aromatic carbocycles. The maximum atomic E-state index is 13.1. The van der Waals surface area contributed by atoms with Crippen molar-refractivity contribution < 1.29 is 18.0 Å². The zero-order chi connectivity index (χ0) is 20.6. The molecule has 2 N–H and O–H groups in total. The van der Waals surface area contributed by atoms with Crippen LogP contribution in [-0.2, 0) is 19.6 Å². The molecule has 1 saturated heterocycles. The highest BCUT2D eigenvalue weighted by Gasteiger charge is 2.30. The van der Waals surface area contributed by atoms with Crippen LogP contribution in [0.5, 0.6) is 0 Å². The molecule has 2 aliphatic heterocycles. The number of carbonyl (C=O) groups is 2. The van der Waals surface area contributed by atoms with Crippen LogP contribution < -0.4 is 15.5 Å². The average molecular weight is 435 g/mol. The predicted octanol–water partition coefficient (Wildman–Crippen LogP) is 2.13. The van der Waals surface area contributed by atoms with Gasteiger partial charge in [-0.25, -0.2) is 8.42 Å². The summed E-state index contributed by atoms with van der Waals surface area (Å²) in [5, 5.41) is 5.82. The lowest BCUT2D eigenvalue weighted by atomic mass is 10.2. The fourth-order valence-electron chi connectivity index (χ4n) is 3.42. The molecule has 1 fully saturated rings. The number of nitrogens with one attached hydrogen (secondary N) is 2. The Bertz CT molecular complexity index is 1060. The Morgan fingerprint density at radius 3 is 2.10 bits per heavy atom. The molecular weight excluding hydrogens is 416 g/mol. The van der Waals surface area contributed by atoms with E-state index in [0.29, 0.717) is 36.9 Å². The highest BCUT2D eigenvalue weighted by molar-refractivity contribution is 7.89. The summed E-state index contributed by atoms with van der Waals surface area (Å²) in [7, 11) is -3.73. The molecule has 8 nitrogen and oxygen atoms in total. The van der Waals surface area contributed by atoms with Crippen LogP contribution in [0.3, 0.4) is 0 Å². The van der Waals surface area contributed by atoms with Gasteiger partial charge in [-0.3, -0.25) is 9.59 Å². The van der Waals surface area contributed by atoms with Crippen molar-refractivity contribution in [3.63, 3.8) is 0 Å². The molecule has 152 valence electrons. The SMILES string of the molecule is O=C1CC(=O)Nc2cc(S(=O)(=O)N3CCN(c4ccc(Cl)cc4)CC3)ccc2N1. The van der Waals surface area contributed by atoms with Gasteiger partial charge in [0.25, 0.3) is 0 Å². The summed E-state index contributed by atoms with van der Waals surface area (Å²) < 4.78 is 27.6. The summed E-state index contributed by atoms with van der Waals surface area (Å²) in [6, 6.07) is 11.8. The van der Waals surface area contributed by atoms with E-state index in [4.69, 9.17) is 11.6 Å². The quantitative estimate of drug-likeness (QED) is 0.721. The predicted molar refractivity (Wildman–Crippen MR) is 111 cm³/mol. The Morgan fingerprint density at radius 2 is 1.45 bits per heavy atom. The molecule has 0 aliphatic carbocycles. The lowest BCUT2D eigenvalue weighted by Crippen LogP contribution is -2.48. The van der Waals surface area contributed by atoms with Gasteiger partial charge in [0, 0.05) is 36.9 Å². The third-order valence-electron chi connectivity index (χ3n) is 4.93. The summed E-state index contributed by atoms with van der Waals surface area (Å²) in [6.07, 6.45) is -0.302. The van der Waals surface area contributed by atoms with E-state index < -0.39 is 21.8 Å². The Kier molecular flexibility index (Phi) is 5.20. The van der Waals surface area contributed by atoms with Crippen LogP contribution in [0.4, 0.5) is 17.1 Å². The maximum absolute atomic E-state index is 13.1. The number of hydrogen-bond donors (Lipinski definition) is 2. The molecule has 0 unspecified atom stereocenters. The van der Waals surface area contributed by atoms with Crippen molar-refractivity contribution in [2.24, 2.45) is 0 Å². The maximum Gasteiger partial charge on any atom is 0.243 e. The lowest BCUT2D eigenvalue weighted by Gasteiger charge is -2.35. The summed E-state index contributed by atoms with van der Waals surface area (Å²) in [6.45, 7) is 1.79. The number of anilines is 3. The van der Waals surface area contributed by atoms with Gasteiger partial charge in [-0.1, -0.05) is 11.6 Å². The van der Waals surface area contributed by atoms with Gasteiger partial charge >= 0.3 is 0 Å². The van der Waals surface area contributed by atoms with Crippen molar-refractivity contribution in [2.75, 3.05) is 41.7 Å². The van der Waals surface area contributed by atoms with E-state index in [0.717, 1.165) is 5.69 Å². The Morgan fingerprint density at radius 1 is 0.828 bits per heavy atom. The van der Waals surface area contributed by atoms with Crippen molar-refractivity contribution in [3.8, 4) is 0 Å². The Labute approximate surface area is 173 Å². The van der Waals surface area contributed by atoms with Gasteiger partial charge in [0.1, 0.15) is 6.42 Å². The average Bonchev–Trinajstić information content (AvgIpc) is 2.84. The van der Waals surface area contributed by atoms with Crippen molar-refractivity contribution in [1.29, 1.82) is 0 Å². The monoisotopic (exact) mass is 434 g/mol. The number of fused-ring (bicyclic) bond motifs is 1. The van der Waals surface area contributed by atoms with Gasteiger partial charge < -0.3 is 15.5 Å². The molecule has 2 aromatic rings. The van der Waals surface area contributed by atoms with Crippen LogP contribution in [0.2, 0.25) is 5.02 Å². The van der Waals surface area contributed by atoms with Gasteiger partial charge in [0.2, 0.25) is 21.8 Å². The number of sulfonamides is 1. The number of halogens is 1. The number of amides is 2. The first-order valence-electron chi connectivity index (χ1n) is 9.07. The first-order chi connectivity index (χ1) is 13.8. The van der Waals surface area contributed by atoms with Gasteiger partial charge in [0.15, 0.2) is 0 Å². The number of carbonyl (C=O) groups excluding carboxylic acids is 2. The van der Waals surface area contributed by atoms with Crippen molar-refractivity contribution in [2.45, 2.75) is 11.3 Å². The molecular formula is C19H19ClN4O4S. The van der Waals surface area contributed by atoms with Crippen LogP contribution in [0.15, 0.2) is 47.4 Å². The van der Waals surface area contributed by atoms with Crippen LogP contribution in [0, 0.1) is 0 Å². The highest BCUT2D eigenvalue weighted by Crippen LogP contribution is 2.30. The number of benzene rings is 2. The van der Waals surface area contributed by atoms with E-state index in [1.54, 1.807) is 0 Å². The molecule has 0 aromatic heterocycles. The number of hydrogen-bond acceptors (Lipinski definition) is 5. The van der Waals surface area contributed by atoms with Crippen molar-refractivity contribution in [1.82, 2.24) is 4.31 Å². The molecule has 0 spiro atoms. The summed E-state index contributed by atoms with van der Waals surface area (Å²) in [5.74, 6) is -0.914. The zero-order valence-electron chi connectivity index (χ0n) is 15.4. The molecule has 4 rings (SSSR count). The molecule has 0 bridgehead atoms. The Balaban J connectivity index is 1.51. The van der Waals surface area contributed by atoms with Crippen molar-refractivity contribution >= 4 is 50.5 Å². The fraction of sp³-hybridized carbons (Fsp3) is 0.263. The van der Waals surface area contributed by atoms with E-state index in [1.165, 1.54) is 22.5 Å². The first kappa shape index (κ1) is 19.7. The molecule has 10 heteroatoms. The van der Waals surface area contributed by atoms with E-state index >= 15 is 0 Å². The summed E-state index contributed by atoms with van der Waals surface area (Å²) >= 11 is 5.92. The molecule has 0 radical (unpaired) electrons. The van der Waals surface area contributed by atoms with Crippen molar-refractivity contribution in [3.05, 3.63) is 47.5 Å². The van der Waals surface area contributed by atoms with Crippen LogP contribution in [-0.4, -0.2) is 50.7 Å². The minimum atomic E-state index is -3.73. The van der Waals surface area contributed by atoms with Gasteiger partial charge in [0.05, 0.1) is 16.3 Å². The zero-order valence-corrected chi connectivity index (χ0v) is 17.0. The Hall–Kier alpha value is -2.62. The van der Waals surface area contributed by atoms with Crippen LogP contribution >= 0.6 is 11.6 Å². The number of nitrogens with zero attached hydrogens (tertiary/aromatic N) is 2. The van der Waals surface area contributed by atoms with Crippen LogP contribution in [0.1, 0.15) is 6.42 Å². The van der Waals surface area contributed by atoms with E-state index in [2.05, 4.69) is 15.5 Å². The van der Waals surface area contributed by atoms with Gasteiger partial charge in [-0.2, -0.15) is 4.31 Å². The minimum absolute atomic E-state index is 0.0765. The summed E-state index contributed by atoms with van der Waals surface area (Å²) in [4.78, 5) is 25.6. The largest absolute Gasteiger partial charge is 0.369 e. The molecule has 2 heterocycles. The fourth-order valence-corrected chi connectivity index (χ4v) is 4.99. The lowest BCUT2D eigenvalue weighted by molar-refractivity contribution is -0.123. The third kappa shape index (κ3) is 4.07. The standard InChI is InChI=1S/C19H19ClN4O4S/c20-13-1-3-14(4-2-13)23-7-9-24(10-8-23)29(27,28)15-5-6-16-17(11-15)22-19(26)12-18(25)21-16/h1-6,11H,7-10,12H2,(H,21,25)(H,22,26). The minimum Gasteiger partial charge on any atom is -0.369 e. The number of piperazine rings is 1. The second-order valence-corrected chi connectivity index (χ2v) is 9.22. The molecule has 0 atom stereocenters. The molecule has 2 amide bonds. The van der Waals surface area contributed by atoms with Crippen LogP contribution in [0.25, 0.3) is 0 Å². The number of rotatable bonds is 3. The highest BCUT2D eigenvalue weighted by atomic mass is 35.5. The second-order valence-electron chi connectivity index (χ2n) is 6.85. The van der Waals surface area contributed by atoms with E-state index in [9.17, 15) is 18.0 Å². The molecule has 2 aliphatic rings. The third-order valence-corrected chi connectivity index (χ3v) is 7.08. The molecule has 0 saturated carbocycles. The van der Waals surface area contributed by atoms with Gasteiger partial charge in [-0.05, 0) is 42.5 Å². The smallest absolute Gasteiger partial charge is 0.243 e. The molecule has 29 heavy (non-hydrogen) atoms. The summed E-state index contributed by atoms with van der Waals surface area (Å²) in [5.41, 5.74) is 1.66. The van der Waals surface area contributed by atoms with E-state index in [-0.39, 0.29) is 17.0 Å². The first-order valence-corrected chi connectivity index (χ1v) is 10.9. The second kappa shape index (κ2) is 7.66. The van der Waals surface area contributed by atoms with Gasteiger partial charge in [-0.15, -0.1) is 0 Å².